The van der Waals surface area contributed by atoms with Crippen molar-refractivity contribution in [2.45, 2.75) is 0 Å². The highest BCUT2D eigenvalue weighted by atomic mass is 79.9. The van der Waals surface area contributed by atoms with Gasteiger partial charge < -0.3 is 0 Å². The van der Waals surface area contributed by atoms with Gasteiger partial charge in [0.05, 0.1) is 5.69 Å². The molecule has 0 radical (unpaired) electrons. The predicted molar refractivity (Wildman–Crippen MR) is 71.6 cm³/mol. The number of hydrogen-bond donors (Lipinski definition) is 0. The molecule has 0 spiro atoms. The van der Waals surface area contributed by atoms with Crippen LogP contribution in [-0.2, 0) is 0 Å². The van der Waals surface area contributed by atoms with E-state index >= 15 is 0 Å². The number of nitrogens with zero attached hydrogens (tertiary/aromatic N) is 3. The first-order valence-corrected chi connectivity index (χ1v) is 6.17. The molecule has 0 aliphatic rings. The van der Waals surface area contributed by atoms with Crippen molar-refractivity contribution in [2.24, 2.45) is 0 Å². The summed E-state index contributed by atoms with van der Waals surface area (Å²) in [5, 5.41) is 10.2. The lowest BCUT2D eigenvalue weighted by atomic mass is 10.1. The molecule has 0 amide bonds. The van der Waals surface area contributed by atoms with Crippen LogP contribution in [0.2, 0.25) is 5.28 Å². The Bertz CT molecular complexity index is 693. The minimum atomic E-state index is 0.359. The van der Waals surface area contributed by atoms with E-state index in [0.717, 1.165) is 20.9 Å². The quantitative estimate of drug-likeness (QED) is 0.684. The van der Waals surface area contributed by atoms with Crippen LogP contribution in [0.4, 0.5) is 0 Å². The molecule has 2 aromatic carbocycles. The van der Waals surface area contributed by atoms with Gasteiger partial charge in [-0.2, -0.15) is 0 Å². The van der Waals surface area contributed by atoms with Gasteiger partial charge in [-0.05, 0) is 29.1 Å². The molecule has 3 rings (SSSR count). The minimum Gasteiger partial charge on any atom is -0.272 e. The second kappa shape index (κ2) is 4.13. The Hall–Kier alpha value is -1.39. The van der Waals surface area contributed by atoms with Gasteiger partial charge in [0.2, 0.25) is 5.28 Å². The Morgan fingerprint density at radius 3 is 2.53 bits per heavy atom. The second-order valence-electron chi connectivity index (χ2n) is 3.58. The number of aromatic nitrogens is 3. The fourth-order valence-corrected chi connectivity index (χ4v) is 2.50. The Morgan fingerprint density at radius 1 is 1.06 bits per heavy atom. The Morgan fingerprint density at radius 2 is 1.82 bits per heavy atom. The van der Waals surface area contributed by atoms with Gasteiger partial charge >= 0.3 is 0 Å². The van der Waals surface area contributed by atoms with Crippen LogP contribution in [0.5, 0.6) is 0 Å². The van der Waals surface area contributed by atoms with Gasteiger partial charge in [0.1, 0.15) is 6.33 Å². The molecule has 17 heavy (non-hydrogen) atoms. The molecular formula is C12H7BrClN3. The van der Waals surface area contributed by atoms with E-state index in [0.29, 0.717) is 5.28 Å². The van der Waals surface area contributed by atoms with Gasteiger partial charge in [0.15, 0.2) is 0 Å². The highest BCUT2D eigenvalue weighted by Crippen LogP contribution is 2.29. The normalized spacial score (nSPS) is 10.9. The van der Waals surface area contributed by atoms with Crippen molar-refractivity contribution < 1.29 is 0 Å². The summed E-state index contributed by atoms with van der Waals surface area (Å²) in [6.07, 6.45) is 1.61. The number of benzene rings is 2. The molecule has 3 aromatic rings. The third kappa shape index (κ3) is 1.73. The molecule has 1 aromatic heterocycles. The maximum Gasteiger partial charge on any atom is 0.229 e. The van der Waals surface area contributed by atoms with Crippen molar-refractivity contribution in [1.82, 2.24) is 14.8 Å². The molecule has 0 atom stereocenters. The Labute approximate surface area is 111 Å². The molecule has 3 nitrogen and oxygen atoms in total. The fraction of sp³-hybridized carbons (Fsp3) is 0. The average Bonchev–Trinajstić information content (AvgIpc) is 2.77. The lowest BCUT2D eigenvalue weighted by Crippen LogP contribution is -1.94. The number of rotatable bonds is 1. The molecule has 0 bridgehead atoms. The Kier molecular flexibility index (Phi) is 2.61. The molecule has 5 heteroatoms. The summed E-state index contributed by atoms with van der Waals surface area (Å²) < 4.78 is 2.82. The third-order valence-electron chi connectivity index (χ3n) is 2.61. The summed E-state index contributed by atoms with van der Waals surface area (Å²) in [6.45, 7) is 0. The first kappa shape index (κ1) is 10.7. The average molecular weight is 309 g/mol. The Balaban J connectivity index is 2.39. The number of hydrogen-bond acceptors (Lipinski definition) is 2. The van der Waals surface area contributed by atoms with Gasteiger partial charge in [-0.3, -0.25) is 4.57 Å². The number of halogens is 2. The van der Waals surface area contributed by atoms with E-state index in [9.17, 15) is 0 Å². The van der Waals surface area contributed by atoms with Crippen LogP contribution in [0.15, 0.2) is 47.2 Å². The maximum absolute atomic E-state index is 5.99. The zero-order valence-electron chi connectivity index (χ0n) is 8.64. The summed E-state index contributed by atoms with van der Waals surface area (Å²) in [4.78, 5) is 0. The molecule has 0 saturated carbocycles. The molecule has 0 fully saturated rings. The topological polar surface area (TPSA) is 30.7 Å². The van der Waals surface area contributed by atoms with Crippen molar-refractivity contribution in [3.63, 3.8) is 0 Å². The van der Waals surface area contributed by atoms with Crippen LogP contribution in [0.1, 0.15) is 0 Å². The van der Waals surface area contributed by atoms with Crippen molar-refractivity contribution in [3.8, 4) is 5.69 Å². The molecule has 0 aliphatic carbocycles. The van der Waals surface area contributed by atoms with Crippen molar-refractivity contribution in [2.75, 3.05) is 0 Å². The molecular weight excluding hydrogens is 302 g/mol. The monoisotopic (exact) mass is 307 g/mol. The maximum atomic E-state index is 5.99. The predicted octanol–water partition coefficient (Wildman–Crippen LogP) is 3.84. The lowest BCUT2D eigenvalue weighted by molar-refractivity contribution is 1.07. The molecule has 1 heterocycles. The molecule has 0 saturated heterocycles. The van der Waals surface area contributed by atoms with Gasteiger partial charge in [-0.25, -0.2) is 0 Å². The summed E-state index contributed by atoms with van der Waals surface area (Å²) in [6, 6.07) is 12.1. The molecule has 0 unspecified atom stereocenters. The summed E-state index contributed by atoms with van der Waals surface area (Å²) in [5.74, 6) is 0. The summed E-state index contributed by atoms with van der Waals surface area (Å²) in [7, 11) is 0. The van der Waals surface area contributed by atoms with E-state index in [2.05, 4.69) is 32.2 Å². The van der Waals surface area contributed by atoms with Crippen LogP contribution in [0.25, 0.3) is 16.5 Å². The van der Waals surface area contributed by atoms with E-state index < -0.39 is 0 Å². The van der Waals surface area contributed by atoms with E-state index in [-0.39, 0.29) is 0 Å². The van der Waals surface area contributed by atoms with E-state index in [1.807, 2.05) is 30.3 Å². The van der Waals surface area contributed by atoms with Gasteiger partial charge in [-0.15, -0.1) is 10.2 Å². The molecule has 0 N–H and O–H groups in total. The van der Waals surface area contributed by atoms with Crippen molar-refractivity contribution in [3.05, 3.63) is 52.5 Å². The molecule has 84 valence electrons. The van der Waals surface area contributed by atoms with Crippen molar-refractivity contribution >= 4 is 38.3 Å². The van der Waals surface area contributed by atoms with E-state index in [4.69, 9.17) is 11.6 Å². The molecule has 0 aliphatic heterocycles. The lowest BCUT2D eigenvalue weighted by Gasteiger charge is -2.08. The van der Waals surface area contributed by atoms with E-state index in [1.165, 1.54) is 0 Å². The number of fused-ring (bicyclic) bond motifs is 1. The summed E-state index contributed by atoms with van der Waals surface area (Å²) >= 11 is 9.53. The van der Waals surface area contributed by atoms with E-state index in [1.54, 1.807) is 10.9 Å². The highest BCUT2D eigenvalue weighted by molar-refractivity contribution is 9.10. The first-order chi connectivity index (χ1) is 8.27. The zero-order chi connectivity index (χ0) is 11.8. The first-order valence-electron chi connectivity index (χ1n) is 5.00. The second-order valence-corrected chi connectivity index (χ2v) is 4.77. The van der Waals surface area contributed by atoms with Gasteiger partial charge in [-0.1, -0.05) is 40.2 Å². The summed E-state index contributed by atoms with van der Waals surface area (Å²) in [5.41, 5.74) is 0.971. The van der Waals surface area contributed by atoms with Gasteiger partial charge in [0.25, 0.3) is 0 Å². The largest absolute Gasteiger partial charge is 0.272 e. The van der Waals surface area contributed by atoms with Crippen LogP contribution < -0.4 is 0 Å². The van der Waals surface area contributed by atoms with Gasteiger partial charge in [0, 0.05) is 9.86 Å². The highest BCUT2D eigenvalue weighted by Gasteiger charge is 2.08. The minimum absolute atomic E-state index is 0.359. The fourth-order valence-electron chi connectivity index (χ4n) is 1.84. The SMILES string of the molecule is Clc1nncn1-c1ccc(Br)c2ccccc12. The van der Waals surface area contributed by atoms with Crippen LogP contribution >= 0.6 is 27.5 Å². The van der Waals surface area contributed by atoms with Crippen LogP contribution in [0, 0.1) is 0 Å². The smallest absolute Gasteiger partial charge is 0.229 e. The van der Waals surface area contributed by atoms with Crippen LogP contribution in [-0.4, -0.2) is 14.8 Å². The third-order valence-corrected chi connectivity index (χ3v) is 3.56. The zero-order valence-corrected chi connectivity index (χ0v) is 11.0. The van der Waals surface area contributed by atoms with Crippen LogP contribution in [0.3, 0.4) is 0 Å². The standard InChI is InChI=1S/C12H7BrClN3/c13-10-5-6-11(17-7-15-16-12(17)14)9-4-2-1-3-8(9)10/h1-7H. The van der Waals surface area contributed by atoms with Crippen molar-refractivity contribution in [1.29, 1.82) is 0 Å².